The summed E-state index contributed by atoms with van der Waals surface area (Å²) in [6.07, 6.45) is 9.33. The zero-order valence-corrected chi connectivity index (χ0v) is 23.3. The summed E-state index contributed by atoms with van der Waals surface area (Å²) in [4.78, 5) is 24.0. The van der Waals surface area contributed by atoms with Crippen molar-refractivity contribution in [1.82, 2.24) is 0 Å². The summed E-state index contributed by atoms with van der Waals surface area (Å²) in [7, 11) is 13.0. The van der Waals surface area contributed by atoms with E-state index >= 15 is 0 Å². The number of halogens is 2. The summed E-state index contributed by atoms with van der Waals surface area (Å²) >= 11 is -3.44. The van der Waals surface area contributed by atoms with E-state index < -0.39 is 16.1 Å². The van der Waals surface area contributed by atoms with Gasteiger partial charge in [-0.1, -0.05) is 0 Å². The molecule has 0 spiro atoms. The molecule has 0 radical (unpaired) electrons. The van der Waals surface area contributed by atoms with Gasteiger partial charge in [-0.2, -0.15) is 0 Å². The first kappa shape index (κ1) is 29.3. The SMILES string of the molecule is CCCCC(CC)COC(=O)C[CH2][Sn]([Cl])([Cl])[CH2]CC(=O)OCC(CC)CCCC. The third-order valence-electron chi connectivity index (χ3n) is 5.44. The van der Waals surface area contributed by atoms with Crippen LogP contribution in [0.25, 0.3) is 0 Å². The number of carbonyl (C=O) groups excluding carboxylic acids is 2. The van der Waals surface area contributed by atoms with Crippen LogP contribution < -0.4 is 0 Å². The van der Waals surface area contributed by atoms with Gasteiger partial charge in [-0.05, 0) is 0 Å². The molecule has 2 atom stereocenters. The summed E-state index contributed by atoms with van der Waals surface area (Å²) in [6.45, 7) is 9.53. The summed E-state index contributed by atoms with van der Waals surface area (Å²) in [6, 6.07) is 0. The predicted molar refractivity (Wildman–Crippen MR) is 125 cm³/mol. The zero-order valence-electron chi connectivity index (χ0n) is 18.9. The van der Waals surface area contributed by atoms with Crippen LogP contribution in [0, 0.1) is 11.8 Å². The van der Waals surface area contributed by atoms with Crippen molar-refractivity contribution >= 4 is 45.9 Å². The topological polar surface area (TPSA) is 52.6 Å². The van der Waals surface area contributed by atoms with Crippen LogP contribution in [0.2, 0.25) is 8.87 Å². The van der Waals surface area contributed by atoms with E-state index in [1.807, 2.05) is 0 Å². The number of rotatable bonds is 18. The minimum atomic E-state index is -3.44. The van der Waals surface area contributed by atoms with E-state index in [-0.39, 0.29) is 24.8 Å². The molecular formula is C22H42Cl2O4Sn. The summed E-state index contributed by atoms with van der Waals surface area (Å²) < 4.78 is 11.8. The van der Waals surface area contributed by atoms with Crippen molar-refractivity contribution < 1.29 is 19.1 Å². The Labute approximate surface area is 190 Å². The fourth-order valence-corrected chi connectivity index (χ4v) is 9.56. The molecule has 0 rings (SSSR count). The van der Waals surface area contributed by atoms with Gasteiger partial charge in [-0.3, -0.25) is 0 Å². The fourth-order valence-electron chi connectivity index (χ4n) is 3.06. The Morgan fingerprint density at radius 3 is 1.45 bits per heavy atom. The third-order valence-corrected chi connectivity index (χ3v) is 16.1. The molecule has 0 amide bonds. The zero-order chi connectivity index (χ0) is 22.1. The number of hydrogen-bond acceptors (Lipinski definition) is 4. The molecule has 0 heterocycles. The molecule has 29 heavy (non-hydrogen) atoms. The van der Waals surface area contributed by atoms with Crippen molar-refractivity contribution in [1.29, 1.82) is 0 Å². The van der Waals surface area contributed by atoms with Crippen LogP contribution in [0.15, 0.2) is 0 Å². The van der Waals surface area contributed by atoms with E-state index in [9.17, 15) is 9.59 Å². The molecule has 0 aliphatic heterocycles. The monoisotopic (exact) mass is 560 g/mol. The van der Waals surface area contributed by atoms with Crippen LogP contribution in [-0.4, -0.2) is 41.3 Å². The molecule has 172 valence electrons. The molecule has 0 N–H and O–H groups in total. The summed E-state index contributed by atoms with van der Waals surface area (Å²) in [5.74, 6) is 0.398. The maximum atomic E-state index is 12.0. The van der Waals surface area contributed by atoms with Crippen molar-refractivity contribution in [3.05, 3.63) is 0 Å². The van der Waals surface area contributed by atoms with Gasteiger partial charge in [0.1, 0.15) is 0 Å². The normalized spacial score (nSPS) is 13.7. The number of unbranched alkanes of at least 4 members (excludes halogenated alkanes) is 2. The molecular weight excluding hydrogens is 518 g/mol. The van der Waals surface area contributed by atoms with E-state index in [1.54, 1.807) is 0 Å². The fraction of sp³-hybridized carbons (Fsp3) is 0.909. The quantitative estimate of drug-likeness (QED) is 0.131. The van der Waals surface area contributed by atoms with Crippen molar-refractivity contribution in [2.24, 2.45) is 11.8 Å². The molecule has 7 heteroatoms. The van der Waals surface area contributed by atoms with Gasteiger partial charge in [0.25, 0.3) is 0 Å². The molecule has 0 aromatic rings. The molecule has 0 aromatic heterocycles. The van der Waals surface area contributed by atoms with Gasteiger partial charge < -0.3 is 0 Å². The first-order valence-electron chi connectivity index (χ1n) is 11.5. The van der Waals surface area contributed by atoms with E-state index in [2.05, 4.69) is 27.7 Å². The van der Waals surface area contributed by atoms with Gasteiger partial charge in [-0.15, -0.1) is 0 Å². The van der Waals surface area contributed by atoms with E-state index in [1.165, 1.54) is 0 Å². The summed E-state index contributed by atoms with van der Waals surface area (Å²) in [5.41, 5.74) is 0. The molecule has 0 saturated carbocycles. The van der Waals surface area contributed by atoms with Gasteiger partial charge in [0.15, 0.2) is 0 Å². The maximum absolute atomic E-state index is 12.0. The molecule has 0 bridgehead atoms. The molecule has 0 aliphatic carbocycles. The second-order valence-electron chi connectivity index (χ2n) is 8.05. The van der Waals surface area contributed by atoms with Crippen molar-refractivity contribution in [2.45, 2.75) is 101 Å². The Balaban J connectivity index is 4.09. The molecule has 0 saturated heterocycles. The Kier molecular flexibility index (Phi) is 18.1. The summed E-state index contributed by atoms with van der Waals surface area (Å²) in [5, 5.41) is 0. The van der Waals surface area contributed by atoms with E-state index in [4.69, 9.17) is 27.3 Å². The van der Waals surface area contributed by atoms with Crippen LogP contribution in [-0.2, 0) is 19.1 Å². The number of hydrogen-bond donors (Lipinski definition) is 0. The minimum absolute atomic E-state index is 0.230. The Morgan fingerprint density at radius 2 is 1.14 bits per heavy atom. The Morgan fingerprint density at radius 1 is 0.759 bits per heavy atom. The van der Waals surface area contributed by atoms with Crippen LogP contribution in [0.4, 0.5) is 0 Å². The number of esters is 2. The second-order valence-corrected chi connectivity index (χ2v) is 26.8. The Bertz CT molecular complexity index is 409. The van der Waals surface area contributed by atoms with Crippen molar-refractivity contribution in [3.63, 3.8) is 0 Å². The first-order chi connectivity index (χ1) is 13.8. The van der Waals surface area contributed by atoms with E-state index in [0.29, 0.717) is 33.9 Å². The van der Waals surface area contributed by atoms with Crippen LogP contribution >= 0.6 is 17.8 Å². The molecule has 4 nitrogen and oxygen atoms in total. The standard InChI is InChI=1S/2C11H21O2.2ClH.Sn/c2*1-4-7-8-10(5-2)9-13-11(12)6-3;;;/h2*10H,3-9H2,1-2H3;2*1H;/q;;;;+2/p-2. The molecule has 2 unspecified atom stereocenters. The molecule has 0 aliphatic rings. The van der Waals surface area contributed by atoms with E-state index in [0.717, 1.165) is 51.4 Å². The van der Waals surface area contributed by atoms with Crippen molar-refractivity contribution in [2.75, 3.05) is 13.2 Å². The number of carbonyl (C=O) groups is 2. The number of ether oxygens (including phenoxy) is 2. The van der Waals surface area contributed by atoms with Gasteiger partial charge >= 0.3 is 191 Å². The average Bonchev–Trinajstić information content (AvgIpc) is 2.71. The van der Waals surface area contributed by atoms with Gasteiger partial charge in [0, 0.05) is 0 Å². The van der Waals surface area contributed by atoms with Gasteiger partial charge in [0.2, 0.25) is 0 Å². The van der Waals surface area contributed by atoms with Crippen LogP contribution in [0.3, 0.4) is 0 Å². The molecule has 0 aromatic carbocycles. The second kappa shape index (κ2) is 17.9. The van der Waals surface area contributed by atoms with Crippen molar-refractivity contribution in [3.8, 4) is 0 Å². The predicted octanol–water partition coefficient (Wildman–Crippen LogP) is 7.21. The third kappa shape index (κ3) is 16.7. The van der Waals surface area contributed by atoms with Gasteiger partial charge in [0.05, 0.1) is 0 Å². The average molecular weight is 560 g/mol. The molecule has 0 fully saturated rings. The van der Waals surface area contributed by atoms with Gasteiger partial charge in [-0.25, -0.2) is 0 Å². The first-order valence-corrected chi connectivity index (χ1v) is 22.7. The van der Waals surface area contributed by atoms with Crippen LogP contribution in [0.5, 0.6) is 0 Å². The van der Waals surface area contributed by atoms with Crippen LogP contribution in [0.1, 0.15) is 91.9 Å². The Hall–Kier alpha value is 0.319.